The van der Waals surface area contributed by atoms with Crippen LogP contribution in [0.4, 0.5) is 5.82 Å². The van der Waals surface area contributed by atoms with E-state index in [2.05, 4.69) is 21.0 Å². The number of nitrogen functional groups attached to an aromatic ring is 1. The molecule has 0 bridgehead atoms. The first kappa shape index (κ1) is 24.7. The van der Waals surface area contributed by atoms with Gasteiger partial charge in [0.2, 0.25) is 5.88 Å². The Hall–Kier alpha value is -4.57. The van der Waals surface area contributed by atoms with Gasteiger partial charge in [-0.2, -0.15) is 5.10 Å². The van der Waals surface area contributed by atoms with E-state index in [9.17, 15) is 4.79 Å². The van der Waals surface area contributed by atoms with Crippen molar-refractivity contribution in [2.75, 3.05) is 5.73 Å². The highest BCUT2D eigenvalue weighted by Crippen LogP contribution is 2.36. The number of nitrogens with two attached hydrogens (primary N) is 1. The summed E-state index contributed by atoms with van der Waals surface area (Å²) in [5.41, 5.74) is 11.5. The monoisotopic (exact) mass is 537 g/mol. The molecule has 0 spiro atoms. The minimum Gasteiger partial charge on any atom is -0.475 e. The van der Waals surface area contributed by atoms with E-state index in [0.717, 1.165) is 27.2 Å². The van der Waals surface area contributed by atoms with Crippen molar-refractivity contribution >= 4 is 33.0 Å². The number of pyridine rings is 2. The standard InChI is InChI=1S/C29H27N7O2S/c1-16(2)38-22-11-10-20(13-31-22)26-25-27(30)32-15-33-28(25)36(34-26)18(4)21-12-23-35(17(3)14-39-23)29(37)24(21)19-8-6-5-7-9-19/h5-16,18H,1-4H3,(H2,30,32,33). The van der Waals surface area contributed by atoms with Crippen molar-refractivity contribution in [3.63, 3.8) is 0 Å². The molecule has 196 valence electrons. The molecule has 0 amide bonds. The number of anilines is 1. The van der Waals surface area contributed by atoms with E-state index in [1.807, 2.05) is 80.2 Å². The van der Waals surface area contributed by atoms with Gasteiger partial charge < -0.3 is 10.5 Å². The fourth-order valence-electron chi connectivity index (χ4n) is 4.88. The molecule has 2 N–H and O–H groups in total. The van der Waals surface area contributed by atoms with Gasteiger partial charge in [0, 0.05) is 28.9 Å². The lowest BCUT2D eigenvalue weighted by Crippen LogP contribution is -2.21. The van der Waals surface area contributed by atoms with Crippen LogP contribution in [0.25, 0.3) is 38.2 Å². The summed E-state index contributed by atoms with van der Waals surface area (Å²) < 4.78 is 9.29. The third-order valence-electron chi connectivity index (χ3n) is 6.67. The third-order valence-corrected chi connectivity index (χ3v) is 7.67. The highest BCUT2D eigenvalue weighted by atomic mass is 32.1. The van der Waals surface area contributed by atoms with E-state index in [0.29, 0.717) is 34.0 Å². The van der Waals surface area contributed by atoms with E-state index in [4.69, 9.17) is 15.6 Å². The molecule has 6 rings (SSSR count). The Labute approximate surface area is 228 Å². The number of hydrogen-bond acceptors (Lipinski definition) is 8. The molecular weight excluding hydrogens is 510 g/mol. The molecule has 0 saturated heterocycles. The Morgan fingerprint density at radius 3 is 2.51 bits per heavy atom. The maximum Gasteiger partial charge on any atom is 0.264 e. The average Bonchev–Trinajstić information content (AvgIpc) is 3.50. The van der Waals surface area contributed by atoms with Crippen LogP contribution in [0.2, 0.25) is 0 Å². The minimum absolute atomic E-state index is 0.0145. The summed E-state index contributed by atoms with van der Waals surface area (Å²) in [5, 5.41) is 7.61. The zero-order valence-electron chi connectivity index (χ0n) is 22.0. The average molecular weight is 538 g/mol. The van der Waals surface area contributed by atoms with Crippen LogP contribution in [-0.4, -0.2) is 35.2 Å². The predicted octanol–water partition coefficient (Wildman–Crippen LogP) is 5.52. The van der Waals surface area contributed by atoms with Crippen LogP contribution in [-0.2, 0) is 0 Å². The Morgan fingerprint density at radius 2 is 1.79 bits per heavy atom. The summed E-state index contributed by atoms with van der Waals surface area (Å²) in [7, 11) is 0. The molecule has 0 aliphatic rings. The number of hydrogen-bond donors (Lipinski definition) is 1. The molecule has 1 atom stereocenters. The van der Waals surface area contributed by atoms with Crippen molar-refractivity contribution in [3.05, 3.63) is 88.0 Å². The van der Waals surface area contributed by atoms with Gasteiger partial charge in [-0.1, -0.05) is 30.3 Å². The minimum atomic E-state index is -0.345. The second-order valence-corrected chi connectivity index (χ2v) is 10.6. The van der Waals surface area contributed by atoms with Crippen molar-refractivity contribution < 1.29 is 4.74 Å². The van der Waals surface area contributed by atoms with E-state index in [-0.39, 0.29) is 17.7 Å². The summed E-state index contributed by atoms with van der Waals surface area (Å²) in [4.78, 5) is 28.0. The van der Waals surface area contributed by atoms with Gasteiger partial charge in [0.25, 0.3) is 5.56 Å². The molecule has 9 nitrogen and oxygen atoms in total. The van der Waals surface area contributed by atoms with Crippen LogP contribution in [0.3, 0.4) is 0 Å². The zero-order valence-corrected chi connectivity index (χ0v) is 22.8. The van der Waals surface area contributed by atoms with E-state index in [1.54, 1.807) is 10.6 Å². The smallest absolute Gasteiger partial charge is 0.264 e. The molecule has 0 aliphatic heterocycles. The molecule has 0 fully saturated rings. The molecule has 5 heterocycles. The SMILES string of the molecule is Cc1csc2cc(C(C)n3nc(-c4ccc(OC(C)C)nc4)c4c(N)ncnc43)c(-c3ccccc3)c(=O)n12. The first-order valence-corrected chi connectivity index (χ1v) is 13.5. The fraction of sp³-hybridized carbons (Fsp3) is 0.207. The summed E-state index contributed by atoms with van der Waals surface area (Å²) >= 11 is 1.54. The normalized spacial score (nSPS) is 12.4. The lowest BCUT2D eigenvalue weighted by Gasteiger charge is -2.18. The lowest BCUT2D eigenvalue weighted by atomic mass is 9.97. The van der Waals surface area contributed by atoms with Crippen LogP contribution >= 0.6 is 11.3 Å². The van der Waals surface area contributed by atoms with Crippen molar-refractivity contribution in [1.29, 1.82) is 0 Å². The number of aryl methyl sites for hydroxylation is 1. The van der Waals surface area contributed by atoms with Crippen LogP contribution in [0.1, 0.15) is 38.1 Å². The second-order valence-electron chi connectivity index (χ2n) is 9.67. The number of thiazole rings is 1. The number of nitrogens with zero attached hydrogens (tertiary/aromatic N) is 6. The largest absolute Gasteiger partial charge is 0.475 e. The number of aromatic nitrogens is 6. The van der Waals surface area contributed by atoms with Gasteiger partial charge in [-0.3, -0.25) is 9.20 Å². The molecule has 6 aromatic rings. The first-order chi connectivity index (χ1) is 18.8. The molecule has 39 heavy (non-hydrogen) atoms. The lowest BCUT2D eigenvalue weighted by molar-refractivity contribution is 0.232. The highest BCUT2D eigenvalue weighted by Gasteiger charge is 2.25. The van der Waals surface area contributed by atoms with Crippen molar-refractivity contribution in [1.82, 2.24) is 29.1 Å². The molecule has 1 unspecified atom stereocenters. The van der Waals surface area contributed by atoms with Crippen molar-refractivity contribution in [3.8, 4) is 28.3 Å². The number of ether oxygens (including phenoxy) is 1. The van der Waals surface area contributed by atoms with Gasteiger partial charge in [0.05, 0.1) is 23.1 Å². The Morgan fingerprint density at radius 1 is 1.00 bits per heavy atom. The van der Waals surface area contributed by atoms with Crippen molar-refractivity contribution in [2.24, 2.45) is 0 Å². The molecule has 0 aliphatic carbocycles. The highest BCUT2D eigenvalue weighted by molar-refractivity contribution is 7.15. The van der Waals surface area contributed by atoms with Crippen LogP contribution < -0.4 is 16.0 Å². The number of benzene rings is 1. The molecule has 1 aromatic carbocycles. The van der Waals surface area contributed by atoms with Crippen LogP contribution in [0.5, 0.6) is 5.88 Å². The molecule has 0 saturated carbocycles. The molecule has 0 radical (unpaired) electrons. The van der Waals surface area contributed by atoms with Crippen molar-refractivity contribution in [2.45, 2.75) is 39.8 Å². The number of fused-ring (bicyclic) bond motifs is 2. The molecule has 5 aromatic heterocycles. The summed E-state index contributed by atoms with van der Waals surface area (Å²) in [5.74, 6) is 0.853. The Bertz CT molecular complexity index is 1870. The topological polar surface area (TPSA) is 113 Å². The summed E-state index contributed by atoms with van der Waals surface area (Å²) in [6.45, 7) is 7.87. The zero-order chi connectivity index (χ0) is 27.3. The molecule has 10 heteroatoms. The van der Waals surface area contributed by atoms with E-state index >= 15 is 0 Å². The quantitative estimate of drug-likeness (QED) is 0.298. The van der Waals surface area contributed by atoms with Crippen LogP contribution in [0.15, 0.2) is 71.2 Å². The van der Waals surface area contributed by atoms with Crippen LogP contribution in [0, 0.1) is 6.92 Å². The maximum atomic E-state index is 13.9. The third kappa shape index (κ3) is 4.22. The van der Waals surface area contributed by atoms with Gasteiger partial charge in [0.1, 0.15) is 22.7 Å². The summed E-state index contributed by atoms with van der Waals surface area (Å²) in [6, 6.07) is 15.2. The first-order valence-electron chi connectivity index (χ1n) is 12.6. The van der Waals surface area contributed by atoms with Gasteiger partial charge in [0.15, 0.2) is 5.65 Å². The Kier molecular flexibility index (Phi) is 6.11. The predicted molar refractivity (Wildman–Crippen MR) is 154 cm³/mol. The van der Waals surface area contributed by atoms with E-state index in [1.165, 1.54) is 17.7 Å². The number of rotatable bonds is 6. The summed E-state index contributed by atoms with van der Waals surface area (Å²) in [6.07, 6.45) is 3.16. The van der Waals surface area contributed by atoms with Gasteiger partial charge in [-0.25, -0.2) is 19.6 Å². The maximum absolute atomic E-state index is 13.9. The van der Waals surface area contributed by atoms with Gasteiger partial charge >= 0.3 is 0 Å². The second kappa shape index (κ2) is 9.63. The fourth-order valence-corrected chi connectivity index (χ4v) is 5.80. The van der Waals surface area contributed by atoms with Gasteiger partial charge in [-0.05, 0) is 51.0 Å². The molecular formula is C29H27N7O2S. The Balaban J connectivity index is 1.57. The van der Waals surface area contributed by atoms with Gasteiger partial charge in [-0.15, -0.1) is 11.3 Å². The van der Waals surface area contributed by atoms with E-state index < -0.39 is 0 Å².